The highest BCUT2D eigenvalue weighted by molar-refractivity contribution is 8.00. The molecule has 0 saturated carbocycles. The Kier molecular flexibility index (Phi) is 3.84. The molecule has 1 amide bonds. The molecule has 1 aliphatic heterocycles. The van der Waals surface area contributed by atoms with Crippen LogP contribution in [-0.2, 0) is 11.2 Å². The number of rotatable bonds is 2. The lowest BCUT2D eigenvalue weighted by Crippen LogP contribution is -2.23. The second-order valence-electron chi connectivity index (χ2n) is 4.97. The lowest BCUT2D eigenvalue weighted by atomic mass is 10.1. The summed E-state index contributed by atoms with van der Waals surface area (Å²) in [6.07, 6.45) is 1.55. The number of para-hydroxylation sites is 1. The maximum atomic E-state index is 13.5. The first-order chi connectivity index (χ1) is 10.1. The van der Waals surface area contributed by atoms with Crippen molar-refractivity contribution in [1.82, 2.24) is 0 Å². The van der Waals surface area contributed by atoms with E-state index in [0.717, 1.165) is 24.1 Å². The third kappa shape index (κ3) is 3.03. The molecule has 5 heteroatoms. The Bertz CT molecular complexity index is 690. The van der Waals surface area contributed by atoms with E-state index in [0.29, 0.717) is 4.90 Å². The normalized spacial score (nSPS) is 17.8. The van der Waals surface area contributed by atoms with Gasteiger partial charge < -0.3 is 11.1 Å². The first-order valence-corrected chi connectivity index (χ1v) is 7.62. The van der Waals surface area contributed by atoms with E-state index in [2.05, 4.69) is 5.32 Å². The fourth-order valence-electron chi connectivity index (χ4n) is 2.35. The summed E-state index contributed by atoms with van der Waals surface area (Å²) in [7, 11) is 0. The molecule has 0 spiro atoms. The van der Waals surface area contributed by atoms with Gasteiger partial charge in [-0.05, 0) is 42.7 Å². The fourth-order valence-corrected chi connectivity index (χ4v) is 3.40. The SMILES string of the molecule is Nc1ccc(SC2CCc3ccccc3NC2=O)cc1F. The van der Waals surface area contributed by atoms with Crippen molar-refractivity contribution in [1.29, 1.82) is 0 Å². The molecule has 21 heavy (non-hydrogen) atoms. The standard InChI is InChI=1S/C16H15FN2OS/c17-12-9-11(6-7-13(12)18)21-15-8-5-10-3-1-2-4-14(10)19-16(15)20/h1-4,6-7,9,15H,5,8,18H2,(H,19,20). The number of carbonyl (C=O) groups is 1. The molecule has 3 nitrogen and oxygen atoms in total. The number of thioether (sulfide) groups is 1. The molecule has 1 aliphatic rings. The summed E-state index contributed by atoms with van der Waals surface area (Å²) in [4.78, 5) is 13.0. The number of nitrogens with one attached hydrogen (secondary N) is 1. The zero-order valence-corrected chi connectivity index (χ0v) is 12.1. The minimum Gasteiger partial charge on any atom is -0.396 e. The largest absolute Gasteiger partial charge is 0.396 e. The molecule has 0 bridgehead atoms. The van der Waals surface area contributed by atoms with Crippen LogP contribution >= 0.6 is 11.8 Å². The lowest BCUT2D eigenvalue weighted by molar-refractivity contribution is -0.115. The number of nitrogen functional groups attached to an aromatic ring is 1. The summed E-state index contributed by atoms with van der Waals surface area (Å²) < 4.78 is 13.5. The first kappa shape index (κ1) is 13.9. The van der Waals surface area contributed by atoms with Gasteiger partial charge >= 0.3 is 0 Å². The maximum Gasteiger partial charge on any atom is 0.237 e. The van der Waals surface area contributed by atoms with Crippen molar-refractivity contribution in [3.63, 3.8) is 0 Å². The Hall–Kier alpha value is -2.01. The predicted octanol–water partition coefficient (Wildman–Crippen LogP) is 3.45. The van der Waals surface area contributed by atoms with E-state index in [-0.39, 0.29) is 16.8 Å². The van der Waals surface area contributed by atoms with Crippen molar-refractivity contribution in [2.45, 2.75) is 23.0 Å². The van der Waals surface area contributed by atoms with Gasteiger partial charge in [-0.25, -0.2) is 4.39 Å². The molecule has 1 unspecified atom stereocenters. The molecule has 0 aliphatic carbocycles. The van der Waals surface area contributed by atoms with Gasteiger partial charge in [0, 0.05) is 10.6 Å². The highest BCUT2D eigenvalue weighted by Gasteiger charge is 2.24. The molecule has 3 N–H and O–H groups in total. The average molecular weight is 302 g/mol. The Morgan fingerprint density at radius 1 is 1.24 bits per heavy atom. The van der Waals surface area contributed by atoms with E-state index >= 15 is 0 Å². The van der Waals surface area contributed by atoms with Gasteiger partial charge in [0.2, 0.25) is 5.91 Å². The van der Waals surface area contributed by atoms with E-state index in [9.17, 15) is 9.18 Å². The van der Waals surface area contributed by atoms with Crippen molar-refractivity contribution >= 4 is 29.0 Å². The zero-order valence-electron chi connectivity index (χ0n) is 11.3. The maximum absolute atomic E-state index is 13.5. The van der Waals surface area contributed by atoms with Gasteiger partial charge in [0.05, 0.1) is 10.9 Å². The van der Waals surface area contributed by atoms with E-state index in [1.165, 1.54) is 23.9 Å². The van der Waals surface area contributed by atoms with Gasteiger partial charge in [-0.2, -0.15) is 0 Å². The van der Waals surface area contributed by atoms with Crippen LogP contribution in [-0.4, -0.2) is 11.2 Å². The van der Waals surface area contributed by atoms with Crippen molar-refractivity contribution in [2.24, 2.45) is 0 Å². The molecule has 2 aromatic carbocycles. The van der Waals surface area contributed by atoms with E-state index < -0.39 is 5.82 Å². The van der Waals surface area contributed by atoms with E-state index in [4.69, 9.17) is 5.73 Å². The number of benzene rings is 2. The van der Waals surface area contributed by atoms with Crippen LogP contribution < -0.4 is 11.1 Å². The van der Waals surface area contributed by atoms with Crippen LogP contribution in [0.2, 0.25) is 0 Å². The topological polar surface area (TPSA) is 55.1 Å². The predicted molar refractivity (Wildman–Crippen MR) is 83.9 cm³/mol. The summed E-state index contributed by atoms with van der Waals surface area (Å²) in [6.45, 7) is 0. The number of amides is 1. The van der Waals surface area contributed by atoms with Gasteiger partial charge in [-0.3, -0.25) is 4.79 Å². The summed E-state index contributed by atoms with van der Waals surface area (Å²) in [6, 6.07) is 12.4. The average Bonchev–Trinajstić information content (AvgIpc) is 2.63. The van der Waals surface area contributed by atoms with Gasteiger partial charge in [0.1, 0.15) is 5.82 Å². The van der Waals surface area contributed by atoms with Crippen LogP contribution in [0, 0.1) is 5.82 Å². The van der Waals surface area contributed by atoms with Crippen molar-refractivity contribution in [3.05, 3.63) is 53.8 Å². The molecule has 2 aromatic rings. The Morgan fingerprint density at radius 3 is 2.86 bits per heavy atom. The summed E-state index contributed by atoms with van der Waals surface area (Å²) >= 11 is 1.37. The molecular weight excluding hydrogens is 287 g/mol. The Labute approximate surface area is 126 Å². The Balaban J connectivity index is 1.78. The van der Waals surface area contributed by atoms with Crippen molar-refractivity contribution in [2.75, 3.05) is 11.1 Å². The minimum atomic E-state index is -0.447. The van der Waals surface area contributed by atoms with Crippen LogP contribution in [0.4, 0.5) is 15.8 Å². The molecule has 1 atom stereocenters. The second-order valence-corrected chi connectivity index (χ2v) is 6.25. The fraction of sp³-hybridized carbons (Fsp3) is 0.188. The second kappa shape index (κ2) is 5.77. The number of hydrogen-bond donors (Lipinski definition) is 2. The molecule has 0 aromatic heterocycles. The van der Waals surface area contributed by atoms with Crippen LogP contribution in [0.5, 0.6) is 0 Å². The molecule has 0 radical (unpaired) electrons. The van der Waals surface area contributed by atoms with Crippen LogP contribution in [0.25, 0.3) is 0 Å². The monoisotopic (exact) mass is 302 g/mol. The van der Waals surface area contributed by atoms with Crippen LogP contribution in [0.15, 0.2) is 47.4 Å². The van der Waals surface area contributed by atoms with Crippen molar-refractivity contribution in [3.8, 4) is 0 Å². The third-order valence-electron chi connectivity index (χ3n) is 3.49. The summed E-state index contributed by atoms with van der Waals surface area (Å²) in [5.74, 6) is -0.487. The summed E-state index contributed by atoms with van der Waals surface area (Å²) in [5, 5.41) is 2.70. The molecule has 3 rings (SSSR count). The highest BCUT2D eigenvalue weighted by atomic mass is 32.2. The third-order valence-corrected chi connectivity index (χ3v) is 4.75. The summed E-state index contributed by atoms with van der Waals surface area (Å²) in [5.41, 5.74) is 7.60. The van der Waals surface area contributed by atoms with Gasteiger partial charge in [0.25, 0.3) is 0 Å². The van der Waals surface area contributed by atoms with Gasteiger partial charge in [-0.15, -0.1) is 11.8 Å². The van der Waals surface area contributed by atoms with Gasteiger partial charge in [-0.1, -0.05) is 18.2 Å². The first-order valence-electron chi connectivity index (χ1n) is 6.74. The number of aryl methyl sites for hydroxylation is 1. The number of anilines is 2. The zero-order chi connectivity index (χ0) is 14.8. The van der Waals surface area contributed by atoms with E-state index in [1.807, 2.05) is 24.3 Å². The molecular formula is C16H15FN2OS. The number of nitrogens with two attached hydrogens (primary N) is 1. The lowest BCUT2D eigenvalue weighted by Gasteiger charge is -2.13. The molecule has 1 heterocycles. The minimum absolute atomic E-state index is 0.0396. The number of hydrogen-bond acceptors (Lipinski definition) is 3. The van der Waals surface area contributed by atoms with Gasteiger partial charge in [0.15, 0.2) is 0 Å². The number of fused-ring (bicyclic) bond motifs is 1. The van der Waals surface area contributed by atoms with Crippen LogP contribution in [0.1, 0.15) is 12.0 Å². The molecule has 0 saturated heterocycles. The van der Waals surface area contributed by atoms with Crippen molar-refractivity contribution < 1.29 is 9.18 Å². The Morgan fingerprint density at radius 2 is 2.05 bits per heavy atom. The molecule has 0 fully saturated rings. The highest BCUT2D eigenvalue weighted by Crippen LogP contribution is 2.32. The van der Waals surface area contributed by atoms with Crippen LogP contribution in [0.3, 0.4) is 0 Å². The smallest absolute Gasteiger partial charge is 0.237 e. The number of halogens is 1. The molecule has 108 valence electrons. The van der Waals surface area contributed by atoms with E-state index in [1.54, 1.807) is 6.07 Å². The number of carbonyl (C=O) groups excluding carboxylic acids is 1. The quantitative estimate of drug-likeness (QED) is 0.835.